The van der Waals surface area contributed by atoms with Gasteiger partial charge in [-0.15, -0.1) is 0 Å². The molecule has 152 valence electrons. The van der Waals surface area contributed by atoms with Crippen LogP contribution in [-0.4, -0.2) is 37.6 Å². The maximum Gasteiger partial charge on any atom is 0.224 e. The molecular formula is C22H24FN3O2S. The molecule has 1 aromatic heterocycles. The van der Waals surface area contributed by atoms with E-state index < -0.39 is 0 Å². The molecule has 2 aromatic carbocycles. The lowest BCUT2D eigenvalue weighted by atomic mass is 9.97. The van der Waals surface area contributed by atoms with Crippen LogP contribution in [0.25, 0.3) is 10.2 Å². The summed E-state index contributed by atoms with van der Waals surface area (Å²) in [5.41, 5.74) is 1.89. The fourth-order valence-corrected chi connectivity index (χ4v) is 4.79. The van der Waals surface area contributed by atoms with Crippen molar-refractivity contribution in [3.05, 3.63) is 53.8 Å². The number of carbonyl (C=O) groups is 1. The van der Waals surface area contributed by atoms with Gasteiger partial charge in [0.25, 0.3) is 0 Å². The van der Waals surface area contributed by atoms with Gasteiger partial charge in [0.1, 0.15) is 11.6 Å². The lowest BCUT2D eigenvalue weighted by Gasteiger charge is -2.31. The molecule has 1 amide bonds. The molecule has 1 fully saturated rings. The molecule has 0 spiro atoms. The van der Waals surface area contributed by atoms with Crippen LogP contribution >= 0.6 is 11.3 Å². The van der Waals surface area contributed by atoms with Gasteiger partial charge in [0, 0.05) is 19.6 Å². The van der Waals surface area contributed by atoms with Crippen LogP contribution in [0, 0.1) is 11.7 Å². The second-order valence-corrected chi connectivity index (χ2v) is 8.26. The molecule has 1 unspecified atom stereocenters. The minimum atomic E-state index is -0.251. The first-order valence-electron chi connectivity index (χ1n) is 9.84. The van der Waals surface area contributed by atoms with Crippen molar-refractivity contribution in [2.75, 3.05) is 31.6 Å². The topological polar surface area (TPSA) is 54.5 Å². The van der Waals surface area contributed by atoms with Crippen LogP contribution in [0.4, 0.5) is 9.52 Å². The third kappa shape index (κ3) is 4.50. The minimum Gasteiger partial charge on any atom is -0.496 e. The Labute approximate surface area is 173 Å². The van der Waals surface area contributed by atoms with Crippen molar-refractivity contribution in [2.45, 2.75) is 19.3 Å². The predicted molar refractivity (Wildman–Crippen MR) is 114 cm³/mol. The van der Waals surface area contributed by atoms with E-state index in [2.05, 4.69) is 15.2 Å². The van der Waals surface area contributed by atoms with Gasteiger partial charge in [-0.1, -0.05) is 29.5 Å². The smallest absolute Gasteiger partial charge is 0.224 e. The van der Waals surface area contributed by atoms with E-state index in [4.69, 9.17) is 4.74 Å². The fraction of sp³-hybridized carbons (Fsp3) is 0.364. The molecule has 5 nitrogen and oxygen atoms in total. The summed E-state index contributed by atoms with van der Waals surface area (Å²) >= 11 is 1.48. The highest BCUT2D eigenvalue weighted by Gasteiger charge is 2.27. The van der Waals surface area contributed by atoms with E-state index in [1.54, 1.807) is 13.2 Å². The zero-order chi connectivity index (χ0) is 20.2. The summed E-state index contributed by atoms with van der Waals surface area (Å²) in [4.78, 5) is 19.5. The Bertz CT molecular complexity index is 1010. The van der Waals surface area contributed by atoms with Crippen molar-refractivity contribution < 1.29 is 13.9 Å². The van der Waals surface area contributed by atoms with Crippen molar-refractivity contribution in [1.82, 2.24) is 10.3 Å². The first-order chi connectivity index (χ1) is 14.1. The second-order valence-electron chi connectivity index (χ2n) is 7.25. The Morgan fingerprint density at radius 2 is 2.21 bits per heavy atom. The molecule has 3 aromatic rings. The maximum absolute atomic E-state index is 13.4. The van der Waals surface area contributed by atoms with Gasteiger partial charge in [0.15, 0.2) is 5.13 Å². The number of carbonyl (C=O) groups excluding carboxylic acids is 1. The van der Waals surface area contributed by atoms with E-state index in [0.717, 1.165) is 52.5 Å². The number of thiazole rings is 1. The largest absolute Gasteiger partial charge is 0.496 e. The first kappa shape index (κ1) is 19.6. The average molecular weight is 414 g/mol. The van der Waals surface area contributed by atoms with Gasteiger partial charge in [0.05, 0.1) is 23.2 Å². The minimum absolute atomic E-state index is 0.0647. The van der Waals surface area contributed by atoms with Crippen LogP contribution in [0.1, 0.15) is 18.4 Å². The third-order valence-electron chi connectivity index (χ3n) is 5.29. The number of fused-ring (bicyclic) bond motifs is 1. The summed E-state index contributed by atoms with van der Waals surface area (Å²) in [6.07, 6.45) is 2.54. The molecule has 2 heterocycles. The number of hydrogen-bond acceptors (Lipinski definition) is 5. The van der Waals surface area contributed by atoms with Crippen LogP contribution in [0.5, 0.6) is 5.75 Å². The fourth-order valence-electron chi connectivity index (χ4n) is 3.76. The number of amides is 1. The molecule has 0 radical (unpaired) electrons. The summed E-state index contributed by atoms with van der Waals surface area (Å²) < 4.78 is 19.7. The van der Waals surface area contributed by atoms with Gasteiger partial charge in [-0.25, -0.2) is 9.37 Å². The lowest BCUT2D eigenvalue weighted by Crippen LogP contribution is -2.43. The number of nitrogens with zero attached hydrogens (tertiary/aromatic N) is 2. The Kier molecular flexibility index (Phi) is 5.94. The van der Waals surface area contributed by atoms with Gasteiger partial charge >= 0.3 is 0 Å². The van der Waals surface area contributed by atoms with Gasteiger partial charge in [-0.2, -0.15) is 0 Å². The van der Waals surface area contributed by atoms with Crippen molar-refractivity contribution >= 4 is 32.6 Å². The second kappa shape index (κ2) is 8.78. The Hall–Kier alpha value is -2.67. The number of rotatable bonds is 6. The molecule has 1 atom stereocenters. The number of halogens is 1. The number of nitrogens with one attached hydrogen (secondary N) is 1. The Balaban J connectivity index is 1.35. The molecule has 0 aliphatic carbocycles. The Morgan fingerprint density at radius 3 is 3.07 bits per heavy atom. The highest BCUT2D eigenvalue weighted by Crippen LogP contribution is 2.32. The molecule has 4 rings (SSSR count). The molecule has 1 N–H and O–H groups in total. The molecule has 1 saturated heterocycles. The average Bonchev–Trinajstić information content (AvgIpc) is 3.17. The van der Waals surface area contributed by atoms with E-state index in [1.807, 2.05) is 24.3 Å². The summed E-state index contributed by atoms with van der Waals surface area (Å²) in [5, 5.41) is 3.93. The molecule has 1 aliphatic heterocycles. The standard InChI is InChI=1S/C22H24FN3O2S/c1-28-19-7-3-2-5-15(19)10-11-24-21(27)16-6-4-12-26(14-16)22-25-18-9-8-17(23)13-20(18)29-22/h2-3,5,7-9,13,16H,4,6,10-12,14H2,1H3,(H,24,27). The normalized spacial score (nSPS) is 16.8. The number of anilines is 1. The monoisotopic (exact) mass is 413 g/mol. The number of aromatic nitrogens is 1. The highest BCUT2D eigenvalue weighted by atomic mass is 32.1. The number of para-hydroxylation sites is 1. The third-order valence-corrected chi connectivity index (χ3v) is 6.37. The first-order valence-corrected chi connectivity index (χ1v) is 10.7. The van der Waals surface area contributed by atoms with Gasteiger partial charge < -0.3 is 15.0 Å². The molecule has 7 heteroatoms. The van der Waals surface area contributed by atoms with Crippen molar-refractivity contribution in [2.24, 2.45) is 5.92 Å². The quantitative estimate of drug-likeness (QED) is 0.663. The van der Waals surface area contributed by atoms with Crippen molar-refractivity contribution in [3.63, 3.8) is 0 Å². The predicted octanol–water partition coefficient (Wildman–Crippen LogP) is 4.02. The molecule has 29 heavy (non-hydrogen) atoms. The summed E-state index contributed by atoms with van der Waals surface area (Å²) in [6.45, 7) is 2.09. The summed E-state index contributed by atoms with van der Waals surface area (Å²) in [7, 11) is 1.66. The van der Waals surface area contributed by atoms with Gasteiger partial charge in [-0.3, -0.25) is 4.79 Å². The zero-order valence-electron chi connectivity index (χ0n) is 16.4. The van der Waals surface area contributed by atoms with Crippen molar-refractivity contribution in [1.29, 1.82) is 0 Å². The van der Waals surface area contributed by atoms with Crippen LogP contribution in [0.15, 0.2) is 42.5 Å². The number of hydrogen-bond donors (Lipinski definition) is 1. The van der Waals surface area contributed by atoms with Crippen molar-refractivity contribution in [3.8, 4) is 5.75 Å². The maximum atomic E-state index is 13.4. The molecular weight excluding hydrogens is 389 g/mol. The number of benzene rings is 2. The van der Waals surface area contributed by atoms with Crippen LogP contribution < -0.4 is 15.0 Å². The van der Waals surface area contributed by atoms with E-state index >= 15 is 0 Å². The number of methoxy groups -OCH3 is 1. The lowest BCUT2D eigenvalue weighted by molar-refractivity contribution is -0.125. The van der Waals surface area contributed by atoms with Crippen LogP contribution in [0.2, 0.25) is 0 Å². The molecule has 1 aliphatic rings. The number of piperidine rings is 1. The van der Waals surface area contributed by atoms with E-state index in [-0.39, 0.29) is 17.6 Å². The van der Waals surface area contributed by atoms with E-state index in [9.17, 15) is 9.18 Å². The molecule has 0 bridgehead atoms. The highest BCUT2D eigenvalue weighted by molar-refractivity contribution is 7.22. The summed E-state index contributed by atoms with van der Waals surface area (Å²) in [6, 6.07) is 12.5. The van der Waals surface area contributed by atoms with E-state index in [0.29, 0.717) is 13.1 Å². The van der Waals surface area contributed by atoms with E-state index in [1.165, 1.54) is 23.5 Å². The van der Waals surface area contributed by atoms with Gasteiger partial charge in [-0.05, 0) is 49.1 Å². The van der Waals surface area contributed by atoms with Gasteiger partial charge in [0.2, 0.25) is 5.91 Å². The number of ether oxygens (including phenoxy) is 1. The van der Waals surface area contributed by atoms with Crippen LogP contribution in [-0.2, 0) is 11.2 Å². The summed E-state index contributed by atoms with van der Waals surface area (Å²) in [5.74, 6) is 0.610. The van der Waals surface area contributed by atoms with Crippen LogP contribution in [0.3, 0.4) is 0 Å². The zero-order valence-corrected chi connectivity index (χ0v) is 17.2. The SMILES string of the molecule is COc1ccccc1CCNC(=O)C1CCCN(c2nc3ccc(F)cc3s2)C1. The molecule has 0 saturated carbocycles. The Morgan fingerprint density at radius 1 is 1.34 bits per heavy atom.